The molecular formula is C29H28FN9O2. The van der Waals surface area contributed by atoms with Gasteiger partial charge in [0.15, 0.2) is 11.5 Å². The number of nitrogens with one attached hydrogen (secondary N) is 1. The van der Waals surface area contributed by atoms with E-state index in [1.54, 1.807) is 18.2 Å². The summed E-state index contributed by atoms with van der Waals surface area (Å²) in [5, 5.41) is 3.42. The van der Waals surface area contributed by atoms with Crippen LogP contribution >= 0.6 is 0 Å². The lowest BCUT2D eigenvalue weighted by molar-refractivity contribution is 0.313. The predicted molar refractivity (Wildman–Crippen MR) is 156 cm³/mol. The van der Waals surface area contributed by atoms with E-state index in [4.69, 9.17) is 0 Å². The van der Waals surface area contributed by atoms with Gasteiger partial charge in [0.1, 0.15) is 17.0 Å². The molecule has 1 aliphatic rings. The smallest absolute Gasteiger partial charge is 0.278 e. The van der Waals surface area contributed by atoms with Gasteiger partial charge in [0.2, 0.25) is 5.95 Å². The monoisotopic (exact) mass is 553 g/mol. The van der Waals surface area contributed by atoms with E-state index in [0.717, 1.165) is 43.6 Å². The average molecular weight is 554 g/mol. The third-order valence-electron chi connectivity index (χ3n) is 7.02. The zero-order chi connectivity index (χ0) is 28.5. The fraction of sp³-hybridized carbons (Fsp3) is 0.207. The molecule has 41 heavy (non-hydrogen) atoms. The summed E-state index contributed by atoms with van der Waals surface area (Å²) in [7, 11) is 2.13. The van der Waals surface area contributed by atoms with E-state index >= 15 is 0 Å². The molecule has 1 aliphatic heterocycles. The topological polar surface area (TPSA) is 106 Å². The Kier molecular flexibility index (Phi) is 6.89. The van der Waals surface area contributed by atoms with Crippen LogP contribution in [0.4, 0.5) is 21.7 Å². The number of rotatable bonds is 7. The van der Waals surface area contributed by atoms with Crippen LogP contribution in [0, 0.1) is 5.82 Å². The van der Waals surface area contributed by atoms with Crippen molar-refractivity contribution < 1.29 is 4.39 Å². The number of pyridine rings is 2. The number of nitrogens with zero attached hydrogens (tertiary/aromatic N) is 8. The molecule has 0 spiro atoms. The Bertz CT molecular complexity index is 1850. The number of hydrogen-bond donors (Lipinski definition) is 1. The Labute approximate surface area is 234 Å². The molecule has 12 heteroatoms. The van der Waals surface area contributed by atoms with Crippen molar-refractivity contribution in [3.63, 3.8) is 0 Å². The minimum atomic E-state index is -0.631. The minimum Gasteiger partial charge on any atom is -0.369 e. The molecule has 5 heterocycles. The highest BCUT2D eigenvalue weighted by Gasteiger charge is 2.20. The molecule has 6 rings (SSSR count). The molecule has 0 radical (unpaired) electrons. The van der Waals surface area contributed by atoms with Crippen molar-refractivity contribution in [2.75, 3.05) is 43.4 Å². The zero-order valence-electron chi connectivity index (χ0n) is 22.4. The largest absolute Gasteiger partial charge is 0.369 e. The second kappa shape index (κ2) is 10.8. The van der Waals surface area contributed by atoms with Gasteiger partial charge < -0.3 is 15.1 Å². The van der Waals surface area contributed by atoms with Crippen molar-refractivity contribution in [3.05, 3.63) is 106 Å². The molecule has 1 aromatic carbocycles. The first-order valence-electron chi connectivity index (χ1n) is 13.2. The van der Waals surface area contributed by atoms with Crippen LogP contribution in [-0.2, 0) is 6.54 Å². The van der Waals surface area contributed by atoms with Crippen LogP contribution < -0.4 is 21.3 Å². The van der Waals surface area contributed by atoms with Gasteiger partial charge in [-0.2, -0.15) is 4.98 Å². The van der Waals surface area contributed by atoms with Gasteiger partial charge in [0.25, 0.3) is 11.1 Å². The quantitative estimate of drug-likeness (QED) is 0.307. The van der Waals surface area contributed by atoms with Crippen LogP contribution in [0.5, 0.6) is 0 Å². The molecule has 0 atom stereocenters. The minimum absolute atomic E-state index is 0.0675. The van der Waals surface area contributed by atoms with E-state index in [1.807, 2.05) is 24.3 Å². The Morgan fingerprint density at radius 2 is 1.76 bits per heavy atom. The second-order valence-corrected chi connectivity index (χ2v) is 9.79. The Morgan fingerprint density at radius 1 is 1.00 bits per heavy atom. The SMILES string of the molecule is C=CCn1c(=O)c2cnc(Nc3ccc(N4CCN(C)CC4)cc3)nc2n1-c1cc(F)cc(-n2ccccc2=O)n1. The Morgan fingerprint density at radius 3 is 2.49 bits per heavy atom. The number of piperazine rings is 1. The maximum atomic E-state index is 14.9. The predicted octanol–water partition coefficient (Wildman–Crippen LogP) is 2.95. The Hall–Kier alpha value is -5.10. The van der Waals surface area contributed by atoms with Crippen molar-refractivity contribution >= 4 is 28.4 Å². The standard InChI is InChI=1S/C29H28FN9O2/c1-3-11-38-28(41)23-19-31-29(32-21-7-9-22(10-8-21)36-15-13-35(2)14-16-36)34-27(23)39(38)25-18-20(30)17-24(33-25)37-12-5-4-6-26(37)40/h3-10,12,17-19H,1,11,13-16H2,2H3,(H,31,32,34). The number of allylic oxidation sites excluding steroid dienone is 1. The lowest BCUT2D eigenvalue weighted by Gasteiger charge is -2.34. The van der Waals surface area contributed by atoms with Crippen LogP contribution in [0.25, 0.3) is 22.7 Å². The maximum Gasteiger partial charge on any atom is 0.278 e. The zero-order valence-corrected chi connectivity index (χ0v) is 22.4. The first-order chi connectivity index (χ1) is 19.9. The van der Waals surface area contributed by atoms with Gasteiger partial charge in [0.05, 0.1) is 6.54 Å². The number of fused-ring (bicyclic) bond motifs is 1. The highest BCUT2D eigenvalue weighted by molar-refractivity contribution is 5.77. The van der Waals surface area contributed by atoms with E-state index in [1.165, 1.54) is 38.5 Å². The molecule has 1 N–H and O–H groups in total. The van der Waals surface area contributed by atoms with Gasteiger partial charge in [-0.15, -0.1) is 6.58 Å². The summed E-state index contributed by atoms with van der Waals surface area (Å²) >= 11 is 0. The summed E-state index contributed by atoms with van der Waals surface area (Å²) in [6.45, 7) is 7.84. The highest BCUT2D eigenvalue weighted by Crippen LogP contribution is 2.23. The molecule has 4 aromatic heterocycles. The van der Waals surface area contributed by atoms with Gasteiger partial charge >= 0.3 is 0 Å². The van der Waals surface area contributed by atoms with Crippen molar-refractivity contribution in [3.8, 4) is 11.6 Å². The third-order valence-corrected chi connectivity index (χ3v) is 7.02. The molecular weight excluding hydrogens is 525 g/mol. The van der Waals surface area contributed by atoms with E-state index in [0.29, 0.717) is 0 Å². The molecule has 1 fully saturated rings. The number of benzene rings is 1. The lowest BCUT2D eigenvalue weighted by atomic mass is 10.2. The normalized spacial score (nSPS) is 14.0. The fourth-order valence-electron chi connectivity index (χ4n) is 4.88. The third kappa shape index (κ3) is 5.12. The molecule has 11 nitrogen and oxygen atoms in total. The van der Waals surface area contributed by atoms with Crippen molar-refractivity contribution in [1.82, 2.24) is 33.8 Å². The lowest BCUT2D eigenvalue weighted by Crippen LogP contribution is -2.44. The van der Waals surface area contributed by atoms with Gasteiger partial charge in [-0.05, 0) is 37.4 Å². The molecule has 0 unspecified atom stereocenters. The number of likely N-dealkylation sites (N-methyl/N-ethyl adjacent to an activating group) is 1. The molecule has 1 saturated heterocycles. The van der Waals surface area contributed by atoms with E-state index < -0.39 is 5.82 Å². The van der Waals surface area contributed by atoms with E-state index in [9.17, 15) is 14.0 Å². The molecule has 0 bridgehead atoms. The van der Waals surface area contributed by atoms with Crippen molar-refractivity contribution in [2.45, 2.75) is 6.54 Å². The van der Waals surface area contributed by atoms with Gasteiger partial charge in [-0.25, -0.2) is 23.7 Å². The van der Waals surface area contributed by atoms with Gasteiger partial charge in [-0.3, -0.25) is 14.2 Å². The fourth-order valence-corrected chi connectivity index (χ4v) is 4.88. The summed E-state index contributed by atoms with van der Waals surface area (Å²) in [5.41, 5.74) is 1.39. The first-order valence-corrected chi connectivity index (χ1v) is 13.2. The van der Waals surface area contributed by atoms with Crippen LogP contribution in [0.1, 0.15) is 0 Å². The van der Waals surface area contributed by atoms with Crippen LogP contribution in [-0.4, -0.2) is 67.0 Å². The molecule has 208 valence electrons. The molecule has 0 aliphatic carbocycles. The maximum absolute atomic E-state index is 14.9. The molecule has 5 aromatic rings. The summed E-state index contributed by atoms with van der Waals surface area (Å²) in [6.07, 6.45) is 4.48. The second-order valence-electron chi connectivity index (χ2n) is 9.79. The summed E-state index contributed by atoms with van der Waals surface area (Å²) < 4.78 is 18.9. The van der Waals surface area contributed by atoms with Crippen LogP contribution in [0.15, 0.2) is 89.2 Å². The van der Waals surface area contributed by atoms with Gasteiger partial charge in [0, 0.05) is 68.1 Å². The van der Waals surface area contributed by atoms with Crippen molar-refractivity contribution in [2.24, 2.45) is 0 Å². The Balaban J connectivity index is 1.39. The van der Waals surface area contributed by atoms with Crippen LogP contribution in [0.3, 0.4) is 0 Å². The summed E-state index contributed by atoms with van der Waals surface area (Å²) in [5.74, 6) is -0.234. The number of hydrogen-bond acceptors (Lipinski definition) is 8. The first kappa shape index (κ1) is 26.1. The average Bonchev–Trinajstić information content (AvgIpc) is 3.24. The van der Waals surface area contributed by atoms with Crippen molar-refractivity contribution in [1.29, 1.82) is 0 Å². The number of aromatic nitrogens is 6. The van der Waals surface area contributed by atoms with Crippen LogP contribution in [0.2, 0.25) is 0 Å². The van der Waals surface area contributed by atoms with E-state index in [-0.39, 0.29) is 46.3 Å². The summed E-state index contributed by atoms with van der Waals surface area (Å²) in [6, 6.07) is 14.9. The van der Waals surface area contributed by atoms with Gasteiger partial charge in [-0.1, -0.05) is 12.1 Å². The number of anilines is 3. The molecule has 0 amide bonds. The van der Waals surface area contributed by atoms with E-state index in [2.05, 4.69) is 43.7 Å². The molecule has 0 saturated carbocycles. The summed E-state index contributed by atoms with van der Waals surface area (Å²) in [4.78, 5) is 43.8. The highest BCUT2D eigenvalue weighted by atomic mass is 19.1. The number of halogens is 1.